The van der Waals surface area contributed by atoms with Crippen molar-refractivity contribution in [1.29, 1.82) is 0 Å². The molecule has 0 aliphatic carbocycles. The monoisotopic (exact) mass is 268 g/mol. The minimum absolute atomic E-state index is 0.497. The van der Waals surface area contributed by atoms with Crippen LogP contribution in [-0.2, 0) is 18.5 Å². The van der Waals surface area contributed by atoms with E-state index in [4.69, 9.17) is 9.94 Å². The van der Waals surface area contributed by atoms with Crippen LogP contribution in [0.15, 0.2) is 17.5 Å². The van der Waals surface area contributed by atoms with Crippen molar-refractivity contribution in [2.24, 2.45) is 12.2 Å². The summed E-state index contributed by atoms with van der Waals surface area (Å²) in [5.41, 5.74) is 0. The maximum absolute atomic E-state index is 8.60. The molecule has 5 heteroatoms. The van der Waals surface area contributed by atoms with E-state index in [0.29, 0.717) is 6.73 Å². The fraction of sp³-hybridized carbons (Fsp3) is 0.714. The molecule has 0 aliphatic heterocycles. The molecule has 0 atom stereocenters. The van der Waals surface area contributed by atoms with E-state index in [1.54, 1.807) is 0 Å². The zero-order valence-corrected chi connectivity index (χ0v) is 12.1. The molecule has 108 valence electrons. The van der Waals surface area contributed by atoms with E-state index < -0.39 is 0 Å². The Morgan fingerprint density at radius 3 is 2.79 bits per heavy atom. The van der Waals surface area contributed by atoms with Crippen molar-refractivity contribution in [1.82, 2.24) is 4.57 Å². The van der Waals surface area contributed by atoms with Crippen LogP contribution < -0.4 is 4.57 Å². The molecule has 0 aliphatic rings. The van der Waals surface area contributed by atoms with Gasteiger partial charge in [-0.25, -0.2) is 9.13 Å². The summed E-state index contributed by atoms with van der Waals surface area (Å²) >= 11 is 0. The highest BCUT2D eigenvalue weighted by atomic mass is 16.5. The van der Waals surface area contributed by atoms with E-state index in [1.807, 2.05) is 28.6 Å². The Bertz CT molecular complexity index is 375. The summed E-state index contributed by atoms with van der Waals surface area (Å²) in [6.45, 7) is 3.51. The van der Waals surface area contributed by atoms with Gasteiger partial charge < -0.3 is 9.94 Å². The van der Waals surface area contributed by atoms with Crippen LogP contribution in [0.25, 0.3) is 0 Å². The number of ether oxygens (including phenoxy) is 1. The van der Waals surface area contributed by atoms with Gasteiger partial charge in [0.05, 0.1) is 13.7 Å². The number of hydrogen-bond acceptors (Lipinski definition) is 3. The molecule has 1 rings (SSSR count). The summed E-state index contributed by atoms with van der Waals surface area (Å²) in [4.78, 5) is 0. The molecule has 0 amide bonds. The molecule has 0 unspecified atom stereocenters. The van der Waals surface area contributed by atoms with Crippen molar-refractivity contribution < 1.29 is 14.5 Å². The first-order chi connectivity index (χ1) is 9.29. The van der Waals surface area contributed by atoms with Gasteiger partial charge in [-0.3, -0.25) is 0 Å². The van der Waals surface area contributed by atoms with Crippen molar-refractivity contribution >= 4 is 6.21 Å². The minimum atomic E-state index is 0.497. The zero-order chi connectivity index (χ0) is 13.9. The van der Waals surface area contributed by atoms with Crippen molar-refractivity contribution in [2.45, 2.75) is 52.2 Å². The molecule has 0 spiro atoms. The van der Waals surface area contributed by atoms with Gasteiger partial charge in [0, 0.05) is 0 Å². The summed E-state index contributed by atoms with van der Waals surface area (Å²) < 4.78 is 9.43. The summed E-state index contributed by atoms with van der Waals surface area (Å²) in [6.07, 6.45) is 12.8. The van der Waals surface area contributed by atoms with Crippen LogP contribution in [0, 0.1) is 0 Å². The van der Waals surface area contributed by atoms with Gasteiger partial charge >= 0.3 is 5.82 Å². The lowest BCUT2D eigenvalue weighted by Crippen LogP contribution is -2.32. The molecule has 0 saturated heterocycles. The normalized spacial score (nSPS) is 11.5. The smallest absolute Gasteiger partial charge is 0.305 e. The molecule has 0 bridgehead atoms. The second-order valence-electron chi connectivity index (χ2n) is 4.79. The molecule has 19 heavy (non-hydrogen) atoms. The fourth-order valence-electron chi connectivity index (χ4n) is 2.01. The van der Waals surface area contributed by atoms with Crippen LogP contribution in [0.3, 0.4) is 0 Å². The van der Waals surface area contributed by atoms with Gasteiger partial charge in [-0.1, -0.05) is 44.2 Å². The molecule has 5 nitrogen and oxygen atoms in total. The fourth-order valence-corrected chi connectivity index (χ4v) is 2.01. The Kier molecular flexibility index (Phi) is 7.89. The highest BCUT2D eigenvalue weighted by Crippen LogP contribution is 2.05. The van der Waals surface area contributed by atoms with Crippen molar-refractivity contribution in [3.8, 4) is 0 Å². The highest BCUT2D eigenvalue weighted by Gasteiger charge is 2.11. The molecule has 0 fully saturated rings. The largest absolute Gasteiger partial charge is 0.411 e. The second-order valence-corrected chi connectivity index (χ2v) is 4.79. The molecule has 0 saturated carbocycles. The number of hydrogen-bond donors (Lipinski definition) is 1. The number of aryl methyl sites for hydroxylation is 1. The lowest BCUT2D eigenvalue weighted by atomic mass is 10.1. The third-order valence-electron chi connectivity index (χ3n) is 3.17. The molecule has 1 heterocycles. The van der Waals surface area contributed by atoms with Crippen molar-refractivity contribution in [3.63, 3.8) is 0 Å². The predicted molar refractivity (Wildman–Crippen MR) is 74.3 cm³/mol. The molecule has 1 aromatic rings. The van der Waals surface area contributed by atoms with Crippen LogP contribution in [0.4, 0.5) is 0 Å². The Labute approximate surface area is 115 Å². The highest BCUT2D eigenvalue weighted by molar-refractivity contribution is 5.72. The van der Waals surface area contributed by atoms with Gasteiger partial charge in [-0.2, -0.15) is 0 Å². The molecule has 1 aromatic heterocycles. The summed E-state index contributed by atoms with van der Waals surface area (Å²) in [6, 6.07) is 0. The van der Waals surface area contributed by atoms with E-state index in [-0.39, 0.29) is 0 Å². The summed E-state index contributed by atoms with van der Waals surface area (Å²) in [7, 11) is 1.90. The first-order valence-corrected chi connectivity index (χ1v) is 7.09. The van der Waals surface area contributed by atoms with Crippen molar-refractivity contribution in [3.05, 3.63) is 18.2 Å². The number of rotatable bonds is 10. The maximum Gasteiger partial charge on any atom is 0.305 e. The molecule has 0 radical (unpaired) electrons. The topological polar surface area (TPSA) is 50.6 Å². The Morgan fingerprint density at radius 1 is 1.32 bits per heavy atom. The molecular weight excluding hydrogens is 242 g/mol. The quantitative estimate of drug-likeness (QED) is 0.233. The Hall–Kier alpha value is -1.36. The van der Waals surface area contributed by atoms with Crippen LogP contribution >= 0.6 is 0 Å². The van der Waals surface area contributed by atoms with E-state index in [0.717, 1.165) is 18.9 Å². The zero-order valence-electron chi connectivity index (χ0n) is 12.1. The van der Waals surface area contributed by atoms with Gasteiger partial charge in [0.1, 0.15) is 12.4 Å². The number of imidazole rings is 1. The van der Waals surface area contributed by atoms with E-state index in [2.05, 4.69) is 12.1 Å². The summed E-state index contributed by atoms with van der Waals surface area (Å²) in [5.74, 6) is 0.811. The van der Waals surface area contributed by atoms with Gasteiger partial charge in [-0.05, 0) is 6.42 Å². The lowest BCUT2D eigenvalue weighted by molar-refractivity contribution is -0.672. The predicted octanol–water partition coefficient (Wildman–Crippen LogP) is 2.46. The molecular formula is C14H26N3O2+. The number of nitrogens with zero attached hydrogens (tertiary/aromatic N) is 3. The van der Waals surface area contributed by atoms with Crippen LogP contribution in [0.1, 0.15) is 51.3 Å². The first-order valence-electron chi connectivity index (χ1n) is 7.09. The Morgan fingerprint density at radius 2 is 2.05 bits per heavy atom. The lowest BCUT2D eigenvalue weighted by Gasteiger charge is -2.03. The Balaban J connectivity index is 2.16. The molecule has 0 aromatic carbocycles. The van der Waals surface area contributed by atoms with E-state index in [1.165, 1.54) is 38.3 Å². The van der Waals surface area contributed by atoms with Gasteiger partial charge in [0.15, 0.2) is 12.9 Å². The summed E-state index contributed by atoms with van der Waals surface area (Å²) in [5, 5.41) is 11.7. The van der Waals surface area contributed by atoms with Crippen LogP contribution in [0.5, 0.6) is 0 Å². The number of oxime groups is 1. The third kappa shape index (κ3) is 5.87. The third-order valence-corrected chi connectivity index (χ3v) is 3.17. The first kappa shape index (κ1) is 15.7. The van der Waals surface area contributed by atoms with Gasteiger partial charge in [0.2, 0.25) is 0 Å². The van der Waals surface area contributed by atoms with Gasteiger partial charge in [-0.15, -0.1) is 0 Å². The number of unbranched alkanes of at least 4 members (excludes halogenated alkanes) is 5. The minimum Gasteiger partial charge on any atom is -0.411 e. The van der Waals surface area contributed by atoms with Gasteiger partial charge in [0.25, 0.3) is 0 Å². The van der Waals surface area contributed by atoms with Crippen LogP contribution in [-0.4, -0.2) is 22.6 Å². The maximum atomic E-state index is 8.60. The van der Waals surface area contributed by atoms with Crippen molar-refractivity contribution in [2.75, 3.05) is 6.61 Å². The average Bonchev–Trinajstić information content (AvgIpc) is 2.75. The van der Waals surface area contributed by atoms with E-state index in [9.17, 15) is 0 Å². The van der Waals surface area contributed by atoms with E-state index >= 15 is 0 Å². The van der Waals surface area contributed by atoms with Crippen LogP contribution in [0.2, 0.25) is 0 Å². The standard InChI is InChI=1S/C14H25N3O2/c1-3-4-5-6-7-8-11-19-13-17-10-9-16(2)14(17)12-15-18/h9-10,12H,3-8,11,13H2,1-2H3/p+1. The molecule has 1 N–H and O–H groups in total. The SMILES string of the molecule is CCCCCCCCOCn1cc[n+](C)c1/C=N/O. The number of aromatic nitrogens is 2. The average molecular weight is 268 g/mol. The second kappa shape index (κ2) is 9.55.